The molecule has 0 bridgehead atoms. The lowest BCUT2D eigenvalue weighted by atomic mass is 9.88. The van der Waals surface area contributed by atoms with Gasteiger partial charge in [-0.1, -0.05) is 13.8 Å². The van der Waals surface area contributed by atoms with Crippen LogP contribution >= 0.6 is 11.3 Å². The summed E-state index contributed by atoms with van der Waals surface area (Å²) in [7, 11) is -2.65. The number of rotatable bonds is 8. The summed E-state index contributed by atoms with van der Waals surface area (Å²) in [5.74, 6) is -0.781. The molecule has 0 aliphatic carbocycles. The minimum atomic E-state index is -3.82. The molecule has 2 N–H and O–H groups in total. The van der Waals surface area contributed by atoms with Gasteiger partial charge in [0.1, 0.15) is 0 Å². The molecule has 0 spiro atoms. The summed E-state index contributed by atoms with van der Waals surface area (Å²) in [5, 5.41) is 8.84. The Morgan fingerprint density at radius 3 is 2.76 bits per heavy atom. The predicted octanol–water partition coefficient (Wildman–Crippen LogP) is 1.01. The minimum absolute atomic E-state index is 0.0670. The molecule has 7 nitrogen and oxygen atoms in total. The van der Waals surface area contributed by atoms with Gasteiger partial charge in [0.15, 0.2) is 9.90 Å². The zero-order chi connectivity index (χ0) is 16.1. The van der Waals surface area contributed by atoms with Crippen molar-refractivity contribution in [2.75, 3.05) is 20.3 Å². The first-order chi connectivity index (χ1) is 9.73. The summed E-state index contributed by atoms with van der Waals surface area (Å²) in [5.41, 5.74) is 0.784. The summed E-state index contributed by atoms with van der Waals surface area (Å²) < 4.78 is 31.4. The number of esters is 1. The van der Waals surface area contributed by atoms with Gasteiger partial charge in [0.05, 0.1) is 12.6 Å². The number of thiazole rings is 1. The molecule has 1 heterocycles. The van der Waals surface area contributed by atoms with Gasteiger partial charge < -0.3 is 9.84 Å². The summed E-state index contributed by atoms with van der Waals surface area (Å²) in [6.07, 6.45) is 1.28. The summed E-state index contributed by atoms with van der Waals surface area (Å²) in [6.45, 7) is 4.07. The number of aliphatic hydroxyl groups is 1. The van der Waals surface area contributed by atoms with Gasteiger partial charge in [-0.3, -0.25) is 0 Å². The highest BCUT2D eigenvalue weighted by Crippen LogP contribution is 2.24. The van der Waals surface area contributed by atoms with Gasteiger partial charge in [0, 0.05) is 13.2 Å². The number of methoxy groups -OCH3 is 1. The van der Waals surface area contributed by atoms with Crippen molar-refractivity contribution in [3.63, 3.8) is 0 Å². The number of nitrogens with one attached hydrogen (secondary N) is 1. The van der Waals surface area contributed by atoms with Crippen LogP contribution in [0, 0.1) is 5.41 Å². The van der Waals surface area contributed by atoms with Crippen LogP contribution in [0.3, 0.4) is 0 Å². The third kappa shape index (κ3) is 5.03. The van der Waals surface area contributed by atoms with E-state index in [1.54, 1.807) is 0 Å². The number of carbonyl (C=O) groups is 1. The van der Waals surface area contributed by atoms with Gasteiger partial charge in [-0.25, -0.2) is 22.9 Å². The van der Waals surface area contributed by atoms with Crippen molar-refractivity contribution >= 4 is 27.3 Å². The average molecular weight is 336 g/mol. The molecule has 1 aromatic heterocycles. The molecule has 21 heavy (non-hydrogen) atoms. The number of ether oxygens (including phenoxy) is 1. The van der Waals surface area contributed by atoms with Gasteiger partial charge in [-0.05, 0) is 18.3 Å². The molecule has 0 aliphatic heterocycles. The Kier molecular flexibility index (Phi) is 6.26. The van der Waals surface area contributed by atoms with Crippen LogP contribution in [0.25, 0.3) is 0 Å². The molecule has 0 fully saturated rings. The largest absolute Gasteiger partial charge is 0.464 e. The maximum absolute atomic E-state index is 12.3. The molecule has 0 amide bonds. The molecule has 0 unspecified atom stereocenters. The fourth-order valence-electron chi connectivity index (χ4n) is 1.66. The highest BCUT2D eigenvalue weighted by Gasteiger charge is 2.28. The second kappa shape index (κ2) is 7.30. The topological polar surface area (TPSA) is 106 Å². The van der Waals surface area contributed by atoms with Crippen LogP contribution < -0.4 is 4.72 Å². The van der Waals surface area contributed by atoms with Gasteiger partial charge in [-0.2, -0.15) is 0 Å². The zero-order valence-electron chi connectivity index (χ0n) is 12.2. The van der Waals surface area contributed by atoms with E-state index >= 15 is 0 Å². The molecule has 0 saturated heterocycles. The number of sulfonamides is 1. The van der Waals surface area contributed by atoms with Crippen LogP contribution in [0.5, 0.6) is 0 Å². The second-order valence-corrected chi connectivity index (χ2v) is 8.11. The van der Waals surface area contributed by atoms with E-state index in [0.717, 1.165) is 11.3 Å². The Morgan fingerprint density at radius 1 is 1.52 bits per heavy atom. The van der Waals surface area contributed by atoms with E-state index in [1.807, 2.05) is 13.8 Å². The van der Waals surface area contributed by atoms with E-state index in [2.05, 4.69) is 14.4 Å². The van der Waals surface area contributed by atoms with Gasteiger partial charge >= 0.3 is 5.97 Å². The third-order valence-corrected chi connectivity index (χ3v) is 5.68. The van der Waals surface area contributed by atoms with Crippen LogP contribution in [0.4, 0.5) is 0 Å². The highest BCUT2D eigenvalue weighted by molar-refractivity contribution is 7.91. The molecule has 120 valence electrons. The third-order valence-electron chi connectivity index (χ3n) is 2.91. The van der Waals surface area contributed by atoms with E-state index in [-0.39, 0.29) is 28.5 Å². The first kappa shape index (κ1) is 18.0. The predicted molar refractivity (Wildman–Crippen MR) is 78.7 cm³/mol. The van der Waals surface area contributed by atoms with Crippen LogP contribution in [0.15, 0.2) is 9.72 Å². The fraction of sp³-hybridized carbons (Fsp3) is 0.667. The maximum atomic E-state index is 12.3. The second-order valence-electron chi connectivity index (χ2n) is 5.30. The fourth-order valence-corrected chi connectivity index (χ4v) is 4.08. The van der Waals surface area contributed by atoms with Crippen molar-refractivity contribution in [3.05, 3.63) is 11.2 Å². The monoisotopic (exact) mass is 336 g/mol. The van der Waals surface area contributed by atoms with Crippen molar-refractivity contribution in [2.45, 2.75) is 30.9 Å². The van der Waals surface area contributed by atoms with Gasteiger partial charge in [-0.15, -0.1) is 11.3 Å². The number of nitrogens with zero attached hydrogens (tertiary/aromatic N) is 1. The summed E-state index contributed by atoms with van der Waals surface area (Å²) in [6, 6.07) is 0. The van der Waals surface area contributed by atoms with Crippen LogP contribution in [0.1, 0.15) is 37.2 Å². The van der Waals surface area contributed by atoms with Gasteiger partial charge in [0.25, 0.3) is 10.0 Å². The highest BCUT2D eigenvalue weighted by atomic mass is 32.2. The summed E-state index contributed by atoms with van der Waals surface area (Å²) >= 11 is 0.866. The van der Waals surface area contributed by atoms with E-state index in [9.17, 15) is 13.2 Å². The molecule has 0 aromatic carbocycles. The van der Waals surface area contributed by atoms with Crippen LogP contribution in [-0.4, -0.2) is 44.7 Å². The van der Waals surface area contributed by atoms with E-state index in [0.29, 0.717) is 12.8 Å². The number of aromatic nitrogens is 1. The average Bonchev–Trinajstić information content (AvgIpc) is 2.93. The molecule has 1 aromatic rings. The lowest BCUT2D eigenvalue weighted by molar-refractivity contribution is 0.0590. The Hall–Kier alpha value is -1.03. The van der Waals surface area contributed by atoms with E-state index < -0.39 is 16.0 Å². The smallest absolute Gasteiger partial charge is 0.358 e. The molecule has 0 atom stereocenters. The maximum Gasteiger partial charge on any atom is 0.358 e. The van der Waals surface area contributed by atoms with Crippen molar-refractivity contribution in [3.8, 4) is 0 Å². The minimum Gasteiger partial charge on any atom is -0.464 e. The summed E-state index contributed by atoms with van der Waals surface area (Å²) in [4.78, 5) is 15.2. The Morgan fingerprint density at radius 2 is 2.19 bits per heavy atom. The normalized spacial score (nSPS) is 12.4. The van der Waals surface area contributed by atoms with Crippen molar-refractivity contribution in [1.29, 1.82) is 0 Å². The first-order valence-electron chi connectivity index (χ1n) is 6.36. The Labute approximate surface area is 128 Å². The quantitative estimate of drug-likeness (QED) is 0.686. The first-order valence-corrected chi connectivity index (χ1v) is 8.72. The Balaban J connectivity index is 2.83. The van der Waals surface area contributed by atoms with E-state index in [1.165, 1.54) is 12.6 Å². The van der Waals surface area contributed by atoms with Gasteiger partial charge in [0.2, 0.25) is 0 Å². The molecular formula is C12H20N2O5S2. The number of hydrogen-bond donors (Lipinski definition) is 2. The standard InChI is InChI=1S/C12H20N2O5S2/c1-12(2,5-4-6-15)7-14-21(17,18)11-9(10(16)19-3)13-8-20-11/h8,14-15H,4-7H2,1-3H3. The SMILES string of the molecule is COC(=O)c1ncsc1S(=O)(=O)NCC(C)(C)CCCO. The van der Waals surface area contributed by atoms with Crippen molar-refractivity contribution in [2.24, 2.45) is 5.41 Å². The number of hydrogen-bond acceptors (Lipinski definition) is 7. The van der Waals surface area contributed by atoms with Crippen LogP contribution in [-0.2, 0) is 14.8 Å². The number of carbonyl (C=O) groups excluding carboxylic acids is 1. The zero-order valence-corrected chi connectivity index (χ0v) is 13.9. The van der Waals surface area contributed by atoms with Crippen LogP contribution in [0.2, 0.25) is 0 Å². The van der Waals surface area contributed by atoms with Crippen molar-refractivity contribution < 1.29 is 23.1 Å². The van der Waals surface area contributed by atoms with Crippen molar-refractivity contribution in [1.82, 2.24) is 9.71 Å². The number of aliphatic hydroxyl groups excluding tert-OH is 1. The lowest BCUT2D eigenvalue weighted by Gasteiger charge is -2.24. The molecule has 0 aliphatic rings. The Bertz CT molecular complexity index is 580. The molecule has 1 rings (SSSR count). The molecule has 9 heteroatoms. The lowest BCUT2D eigenvalue weighted by Crippen LogP contribution is -2.34. The molecule has 0 saturated carbocycles. The molecular weight excluding hydrogens is 316 g/mol. The van der Waals surface area contributed by atoms with E-state index in [4.69, 9.17) is 5.11 Å². The molecule has 0 radical (unpaired) electrons.